The van der Waals surface area contributed by atoms with E-state index in [9.17, 15) is 22.8 Å². The Morgan fingerprint density at radius 1 is 1.07 bits per heavy atom. The third-order valence-corrected chi connectivity index (χ3v) is 9.47. The van der Waals surface area contributed by atoms with Crippen LogP contribution in [0.3, 0.4) is 0 Å². The van der Waals surface area contributed by atoms with Gasteiger partial charge in [0, 0.05) is 43.2 Å². The molecule has 1 N–H and O–H groups in total. The highest BCUT2D eigenvalue weighted by Crippen LogP contribution is 2.38. The van der Waals surface area contributed by atoms with E-state index in [0.717, 1.165) is 10.4 Å². The number of amides is 3. The molecule has 3 amide bonds. The second-order valence-electron chi connectivity index (χ2n) is 8.93. The number of nitrogens with zero attached hydrogens (tertiary/aromatic N) is 3. The second kappa shape index (κ2) is 13.7. The average Bonchev–Trinajstić information content (AvgIpc) is 3.30. The van der Waals surface area contributed by atoms with Crippen LogP contribution >= 0.6 is 11.3 Å². The minimum Gasteiger partial charge on any atom is -0.450 e. The summed E-state index contributed by atoms with van der Waals surface area (Å²) >= 11 is 1.26. The number of hydrogen-bond donors (Lipinski definition) is 1. The van der Waals surface area contributed by atoms with Crippen LogP contribution in [0, 0.1) is 0 Å². The third kappa shape index (κ3) is 6.62. The van der Waals surface area contributed by atoms with Crippen molar-refractivity contribution in [2.24, 2.45) is 0 Å². The standard InChI is InChI=1S/C28H36N4O6S2/c1-6-16-32(17-7-2)40(36,37)21-13-11-20(12-14-21)25(33)29-26-24(27(34)30(8-3)9-4)22-15-18-31(19-23(22)39-26)28(35)38-10-5/h6-7,11-14H,1-2,8-10,15-19H2,3-5H3,(H,29,33). The van der Waals surface area contributed by atoms with E-state index in [4.69, 9.17) is 4.74 Å². The molecule has 3 rings (SSSR count). The maximum absolute atomic E-state index is 13.5. The van der Waals surface area contributed by atoms with E-state index < -0.39 is 22.0 Å². The van der Waals surface area contributed by atoms with E-state index in [1.165, 1.54) is 52.1 Å². The van der Waals surface area contributed by atoms with Gasteiger partial charge in [0.1, 0.15) is 5.00 Å². The van der Waals surface area contributed by atoms with Crippen molar-refractivity contribution >= 4 is 44.3 Å². The summed E-state index contributed by atoms with van der Waals surface area (Å²) in [5.74, 6) is -0.666. The first-order chi connectivity index (χ1) is 19.1. The average molecular weight is 589 g/mol. The first-order valence-corrected chi connectivity index (χ1v) is 15.4. The quantitative estimate of drug-likeness (QED) is 0.369. The fraction of sp³-hybridized carbons (Fsp3) is 0.393. The van der Waals surface area contributed by atoms with Gasteiger partial charge < -0.3 is 19.9 Å². The molecule has 10 nitrogen and oxygen atoms in total. The SMILES string of the molecule is C=CCN(CC=C)S(=O)(=O)c1ccc(C(=O)Nc2sc3c(c2C(=O)N(CC)CC)CCN(C(=O)OCC)C3)cc1. The van der Waals surface area contributed by atoms with Crippen molar-refractivity contribution in [1.82, 2.24) is 14.1 Å². The van der Waals surface area contributed by atoms with Gasteiger partial charge in [0.05, 0.1) is 23.6 Å². The van der Waals surface area contributed by atoms with Gasteiger partial charge >= 0.3 is 6.09 Å². The van der Waals surface area contributed by atoms with E-state index in [0.29, 0.717) is 36.6 Å². The van der Waals surface area contributed by atoms with Crippen molar-refractivity contribution in [3.63, 3.8) is 0 Å². The minimum absolute atomic E-state index is 0.0378. The van der Waals surface area contributed by atoms with Gasteiger partial charge in [-0.2, -0.15) is 4.31 Å². The summed E-state index contributed by atoms with van der Waals surface area (Å²) in [6.45, 7) is 14.9. The number of ether oxygens (including phenoxy) is 1. The van der Waals surface area contributed by atoms with Crippen LogP contribution in [0.4, 0.5) is 9.80 Å². The Morgan fingerprint density at radius 2 is 1.70 bits per heavy atom. The van der Waals surface area contributed by atoms with Gasteiger partial charge in [0.15, 0.2) is 0 Å². The van der Waals surface area contributed by atoms with Crippen molar-refractivity contribution in [3.8, 4) is 0 Å². The molecule has 1 aliphatic rings. The van der Waals surface area contributed by atoms with E-state index in [1.807, 2.05) is 13.8 Å². The number of sulfonamides is 1. The van der Waals surface area contributed by atoms with Gasteiger partial charge in [0.25, 0.3) is 11.8 Å². The van der Waals surface area contributed by atoms with Crippen molar-refractivity contribution in [2.45, 2.75) is 38.6 Å². The summed E-state index contributed by atoms with van der Waals surface area (Å²) in [5.41, 5.74) is 1.49. The lowest BCUT2D eigenvalue weighted by atomic mass is 10.0. The Bertz CT molecular complexity index is 1350. The lowest BCUT2D eigenvalue weighted by Crippen LogP contribution is -2.37. The van der Waals surface area contributed by atoms with Crippen LogP contribution in [-0.4, -0.2) is 79.8 Å². The van der Waals surface area contributed by atoms with Gasteiger partial charge in [0.2, 0.25) is 10.0 Å². The van der Waals surface area contributed by atoms with Gasteiger partial charge in [-0.25, -0.2) is 13.2 Å². The zero-order valence-electron chi connectivity index (χ0n) is 23.1. The Balaban J connectivity index is 1.91. The minimum atomic E-state index is -3.81. The van der Waals surface area contributed by atoms with E-state index >= 15 is 0 Å². The molecule has 216 valence electrons. The molecule has 1 aromatic heterocycles. The second-order valence-corrected chi connectivity index (χ2v) is 12.0. The van der Waals surface area contributed by atoms with E-state index in [1.54, 1.807) is 16.7 Å². The Labute approximate surface area is 240 Å². The van der Waals surface area contributed by atoms with E-state index in [-0.39, 0.29) is 42.6 Å². The van der Waals surface area contributed by atoms with Crippen LogP contribution in [0.2, 0.25) is 0 Å². The molecule has 0 aliphatic carbocycles. The van der Waals surface area contributed by atoms with Crippen LogP contribution < -0.4 is 5.32 Å². The molecule has 0 saturated carbocycles. The smallest absolute Gasteiger partial charge is 0.410 e. The predicted octanol–water partition coefficient (Wildman–Crippen LogP) is 4.36. The lowest BCUT2D eigenvalue weighted by molar-refractivity contribution is 0.0772. The molecule has 0 unspecified atom stereocenters. The number of fused-ring (bicyclic) bond motifs is 1. The fourth-order valence-electron chi connectivity index (χ4n) is 4.42. The molecule has 0 saturated heterocycles. The van der Waals surface area contributed by atoms with Crippen molar-refractivity contribution in [3.05, 3.63) is 71.1 Å². The monoisotopic (exact) mass is 588 g/mol. The Hall–Kier alpha value is -3.48. The molecule has 1 aromatic carbocycles. The van der Waals surface area contributed by atoms with Gasteiger partial charge in [-0.15, -0.1) is 24.5 Å². The number of thiophene rings is 1. The van der Waals surface area contributed by atoms with Gasteiger partial charge in [-0.05, 0) is 57.0 Å². The van der Waals surface area contributed by atoms with Crippen molar-refractivity contribution in [1.29, 1.82) is 0 Å². The van der Waals surface area contributed by atoms with Crippen LogP contribution in [0.1, 0.15) is 51.9 Å². The first kappa shape index (κ1) is 31.1. The maximum atomic E-state index is 13.5. The molecule has 0 spiro atoms. The Morgan fingerprint density at radius 3 is 2.25 bits per heavy atom. The van der Waals surface area contributed by atoms with Crippen LogP contribution in [0.15, 0.2) is 54.5 Å². The molecule has 2 heterocycles. The highest BCUT2D eigenvalue weighted by Gasteiger charge is 2.32. The summed E-state index contributed by atoms with van der Waals surface area (Å²) in [6, 6.07) is 5.62. The largest absolute Gasteiger partial charge is 0.450 e. The summed E-state index contributed by atoms with van der Waals surface area (Å²) in [6.07, 6.45) is 3.03. The predicted molar refractivity (Wildman–Crippen MR) is 156 cm³/mol. The number of rotatable bonds is 12. The topological polar surface area (TPSA) is 116 Å². The highest BCUT2D eigenvalue weighted by atomic mass is 32.2. The van der Waals surface area contributed by atoms with Gasteiger partial charge in [-0.3, -0.25) is 9.59 Å². The molecule has 1 aliphatic heterocycles. The number of hydrogen-bond acceptors (Lipinski definition) is 7. The Kier molecular flexibility index (Phi) is 10.7. The summed E-state index contributed by atoms with van der Waals surface area (Å²) in [7, 11) is -3.81. The molecular weight excluding hydrogens is 552 g/mol. The highest BCUT2D eigenvalue weighted by molar-refractivity contribution is 7.89. The summed E-state index contributed by atoms with van der Waals surface area (Å²) < 4.78 is 32.4. The maximum Gasteiger partial charge on any atom is 0.410 e. The molecule has 12 heteroatoms. The molecule has 40 heavy (non-hydrogen) atoms. The number of benzene rings is 1. The van der Waals surface area contributed by atoms with Crippen LogP contribution in [-0.2, 0) is 27.7 Å². The molecule has 0 fully saturated rings. The zero-order chi connectivity index (χ0) is 29.4. The lowest BCUT2D eigenvalue weighted by Gasteiger charge is -2.27. The van der Waals surface area contributed by atoms with Crippen LogP contribution in [0.5, 0.6) is 0 Å². The number of carbonyl (C=O) groups is 3. The molecular formula is C28H36N4O6S2. The summed E-state index contributed by atoms with van der Waals surface area (Å²) in [5, 5.41) is 3.27. The number of anilines is 1. The number of carbonyl (C=O) groups excluding carboxylic acids is 3. The third-order valence-electron chi connectivity index (χ3n) is 6.49. The molecule has 0 atom stereocenters. The molecule has 0 radical (unpaired) electrons. The van der Waals surface area contributed by atoms with Crippen LogP contribution in [0.25, 0.3) is 0 Å². The van der Waals surface area contributed by atoms with Crippen molar-refractivity contribution < 1.29 is 27.5 Å². The van der Waals surface area contributed by atoms with Crippen molar-refractivity contribution in [2.75, 3.05) is 44.6 Å². The number of nitrogens with one attached hydrogen (secondary N) is 1. The zero-order valence-corrected chi connectivity index (χ0v) is 24.8. The summed E-state index contributed by atoms with van der Waals surface area (Å²) in [4.78, 5) is 43.2. The first-order valence-electron chi connectivity index (χ1n) is 13.1. The van der Waals surface area contributed by atoms with Gasteiger partial charge in [-0.1, -0.05) is 12.2 Å². The molecule has 2 aromatic rings. The fourth-order valence-corrected chi connectivity index (χ4v) is 7.05. The molecule has 0 bridgehead atoms. The normalized spacial score (nSPS) is 12.9. The van der Waals surface area contributed by atoms with E-state index in [2.05, 4.69) is 18.5 Å².